The molecule has 1 atom stereocenters. The molecule has 0 aliphatic heterocycles. The van der Waals surface area contributed by atoms with Crippen LogP contribution < -0.4 is 0 Å². The zero-order chi connectivity index (χ0) is 20.8. The number of nitrogens with zero attached hydrogens (tertiary/aromatic N) is 4. The van der Waals surface area contributed by atoms with Gasteiger partial charge < -0.3 is 4.90 Å². The molecule has 3 aromatic rings. The molecule has 2 heterocycles. The van der Waals surface area contributed by atoms with Crippen molar-refractivity contribution < 1.29 is 4.79 Å². The van der Waals surface area contributed by atoms with Crippen LogP contribution in [0.5, 0.6) is 0 Å². The molecule has 1 aliphatic carbocycles. The van der Waals surface area contributed by atoms with Crippen molar-refractivity contribution in [3.63, 3.8) is 0 Å². The average Bonchev–Trinajstić information content (AvgIpc) is 2.80. The fourth-order valence-electron chi connectivity index (χ4n) is 3.88. The van der Waals surface area contributed by atoms with E-state index in [2.05, 4.69) is 34.3 Å². The van der Waals surface area contributed by atoms with Gasteiger partial charge in [0.2, 0.25) is 5.91 Å². The third-order valence-corrected chi connectivity index (χ3v) is 5.47. The van der Waals surface area contributed by atoms with E-state index in [9.17, 15) is 4.79 Å². The largest absolute Gasteiger partial charge is 0.332 e. The fourth-order valence-corrected chi connectivity index (χ4v) is 3.88. The van der Waals surface area contributed by atoms with Crippen molar-refractivity contribution >= 4 is 5.91 Å². The number of carbonyl (C=O) groups is 1. The third kappa shape index (κ3) is 4.79. The van der Waals surface area contributed by atoms with Crippen LogP contribution in [0.3, 0.4) is 0 Å². The van der Waals surface area contributed by atoms with Gasteiger partial charge in [-0.1, -0.05) is 42.5 Å². The quantitative estimate of drug-likeness (QED) is 0.563. The van der Waals surface area contributed by atoms with E-state index < -0.39 is 0 Å². The second kappa shape index (κ2) is 9.44. The summed E-state index contributed by atoms with van der Waals surface area (Å²) in [7, 11) is 0. The third-order valence-electron chi connectivity index (χ3n) is 5.47. The number of rotatable bonds is 6. The first-order valence-electron chi connectivity index (χ1n) is 10.4. The first-order chi connectivity index (χ1) is 14.7. The van der Waals surface area contributed by atoms with Crippen molar-refractivity contribution in [2.75, 3.05) is 0 Å². The molecule has 2 aromatic heterocycles. The van der Waals surface area contributed by atoms with E-state index in [4.69, 9.17) is 4.98 Å². The molecule has 1 amide bonds. The van der Waals surface area contributed by atoms with Gasteiger partial charge in [-0.05, 0) is 49.4 Å². The highest BCUT2D eigenvalue weighted by molar-refractivity contribution is 5.79. The Kier molecular flexibility index (Phi) is 6.28. The average molecular weight is 399 g/mol. The highest BCUT2D eigenvalue weighted by Gasteiger charge is 2.26. The first kappa shape index (κ1) is 20.0. The Morgan fingerprint density at radius 1 is 1.07 bits per heavy atom. The Balaban J connectivity index is 1.67. The number of allylic oxidation sites excluding steroid dienone is 2. The molecule has 5 heteroatoms. The fraction of sp³-hybridized carbons (Fsp3) is 0.280. The van der Waals surface area contributed by atoms with E-state index in [0.717, 1.165) is 41.6 Å². The van der Waals surface area contributed by atoms with Crippen molar-refractivity contribution in [3.05, 3.63) is 90.3 Å². The molecule has 0 N–H and O–H groups in total. The summed E-state index contributed by atoms with van der Waals surface area (Å²) in [5.74, 6) is 0.932. The number of pyridine rings is 1. The molecular weight excluding hydrogens is 372 g/mol. The summed E-state index contributed by atoms with van der Waals surface area (Å²) < 4.78 is 0. The zero-order valence-corrected chi connectivity index (χ0v) is 17.2. The lowest BCUT2D eigenvalue weighted by Gasteiger charge is -2.28. The first-order valence-corrected chi connectivity index (χ1v) is 10.4. The second-order valence-electron chi connectivity index (χ2n) is 7.67. The summed E-state index contributed by atoms with van der Waals surface area (Å²) in [6.07, 6.45) is 12.3. The molecule has 1 unspecified atom stereocenters. The van der Waals surface area contributed by atoms with Gasteiger partial charge in [0.1, 0.15) is 5.82 Å². The van der Waals surface area contributed by atoms with E-state index >= 15 is 0 Å². The van der Waals surface area contributed by atoms with Crippen LogP contribution in [-0.4, -0.2) is 25.8 Å². The summed E-state index contributed by atoms with van der Waals surface area (Å²) >= 11 is 0. The van der Waals surface area contributed by atoms with Crippen LogP contribution >= 0.6 is 0 Å². The van der Waals surface area contributed by atoms with Crippen molar-refractivity contribution in [1.82, 2.24) is 19.9 Å². The Labute approximate surface area is 177 Å². The monoisotopic (exact) mass is 398 g/mol. The number of hydrogen-bond acceptors (Lipinski definition) is 4. The van der Waals surface area contributed by atoms with Crippen LogP contribution in [0.2, 0.25) is 0 Å². The van der Waals surface area contributed by atoms with Gasteiger partial charge in [-0.25, -0.2) is 9.97 Å². The maximum Gasteiger partial charge on any atom is 0.226 e. The lowest BCUT2D eigenvalue weighted by Crippen LogP contribution is -2.36. The predicted molar refractivity (Wildman–Crippen MR) is 117 cm³/mol. The molecule has 1 aliphatic rings. The van der Waals surface area contributed by atoms with Gasteiger partial charge in [-0.2, -0.15) is 0 Å². The molecule has 5 nitrogen and oxygen atoms in total. The Bertz CT molecular complexity index is 1020. The van der Waals surface area contributed by atoms with Crippen LogP contribution in [0.15, 0.2) is 73.2 Å². The summed E-state index contributed by atoms with van der Waals surface area (Å²) in [5, 5.41) is 0. The van der Waals surface area contributed by atoms with E-state index in [1.54, 1.807) is 12.4 Å². The van der Waals surface area contributed by atoms with E-state index in [-0.39, 0.29) is 11.8 Å². The Morgan fingerprint density at radius 2 is 1.87 bits per heavy atom. The highest BCUT2D eigenvalue weighted by Crippen LogP contribution is 2.26. The number of aromatic nitrogens is 3. The molecule has 0 saturated carbocycles. The second-order valence-corrected chi connectivity index (χ2v) is 7.67. The van der Waals surface area contributed by atoms with Gasteiger partial charge in [0.25, 0.3) is 0 Å². The van der Waals surface area contributed by atoms with Crippen molar-refractivity contribution in [2.24, 2.45) is 5.92 Å². The molecular formula is C25H26N4O. The summed E-state index contributed by atoms with van der Waals surface area (Å²) in [5.41, 5.74) is 3.93. The van der Waals surface area contributed by atoms with Crippen LogP contribution in [0, 0.1) is 12.8 Å². The highest BCUT2D eigenvalue weighted by atomic mass is 16.2. The molecule has 4 rings (SSSR count). The normalized spacial score (nSPS) is 15.7. The molecule has 0 fully saturated rings. The van der Waals surface area contributed by atoms with Crippen molar-refractivity contribution in [3.8, 4) is 11.1 Å². The van der Waals surface area contributed by atoms with Gasteiger partial charge in [0.15, 0.2) is 0 Å². The summed E-state index contributed by atoms with van der Waals surface area (Å²) in [4.78, 5) is 28.7. The number of benzene rings is 1. The number of hydrogen-bond donors (Lipinski definition) is 0. The van der Waals surface area contributed by atoms with E-state index in [0.29, 0.717) is 18.9 Å². The SMILES string of the molecule is Cc1ncc(-c2ccncc2)c(CN(Cc2ccccc2)C(=O)C2CC=CCC2)n1. The summed E-state index contributed by atoms with van der Waals surface area (Å²) in [6.45, 7) is 2.91. The van der Waals surface area contributed by atoms with Crippen LogP contribution in [0.4, 0.5) is 0 Å². The minimum atomic E-state index is 0.0334. The molecule has 30 heavy (non-hydrogen) atoms. The minimum Gasteiger partial charge on any atom is -0.332 e. The maximum atomic E-state index is 13.5. The minimum absolute atomic E-state index is 0.0334. The van der Waals surface area contributed by atoms with Gasteiger partial charge in [0.05, 0.1) is 12.2 Å². The molecule has 0 spiro atoms. The van der Waals surface area contributed by atoms with Gasteiger partial charge in [-0.15, -0.1) is 0 Å². The predicted octanol–water partition coefficient (Wildman–Crippen LogP) is 4.73. The Hall–Kier alpha value is -3.34. The zero-order valence-electron chi connectivity index (χ0n) is 17.2. The lowest BCUT2D eigenvalue weighted by atomic mass is 9.92. The standard InChI is InChI=1S/C25H26N4O/c1-19-27-16-23(21-12-14-26-15-13-21)24(28-19)18-29(17-20-8-4-2-5-9-20)25(30)22-10-6-3-7-11-22/h2-6,8-9,12-16,22H,7,10-11,17-18H2,1H3. The van der Waals surface area contributed by atoms with Crippen LogP contribution in [0.1, 0.15) is 36.3 Å². The van der Waals surface area contributed by atoms with Crippen molar-refractivity contribution in [2.45, 2.75) is 39.3 Å². The Morgan fingerprint density at radius 3 is 2.60 bits per heavy atom. The smallest absolute Gasteiger partial charge is 0.226 e. The summed E-state index contributed by atoms with van der Waals surface area (Å²) in [6, 6.07) is 14.1. The van der Waals surface area contributed by atoms with Gasteiger partial charge in [0, 0.05) is 36.6 Å². The number of amides is 1. The van der Waals surface area contributed by atoms with Gasteiger partial charge >= 0.3 is 0 Å². The van der Waals surface area contributed by atoms with Gasteiger partial charge in [-0.3, -0.25) is 9.78 Å². The number of carbonyl (C=O) groups excluding carboxylic acids is 1. The molecule has 1 aromatic carbocycles. The van der Waals surface area contributed by atoms with Crippen LogP contribution in [-0.2, 0) is 17.9 Å². The molecule has 0 saturated heterocycles. The molecule has 0 bridgehead atoms. The topological polar surface area (TPSA) is 59.0 Å². The van der Waals surface area contributed by atoms with E-state index in [1.807, 2.05) is 48.4 Å². The van der Waals surface area contributed by atoms with E-state index in [1.165, 1.54) is 0 Å². The van der Waals surface area contributed by atoms with Crippen molar-refractivity contribution in [1.29, 1.82) is 0 Å². The lowest BCUT2D eigenvalue weighted by molar-refractivity contribution is -0.137. The van der Waals surface area contributed by atoms with Crippen LogP contribution in [0.25, 0.3) is 11.1 Å². The molecule has 152 valence electrons. The maximum absolute atomic E-state index is 13.5. The molecule has 0 radical (unpaired) electrons. The number of aryl methyl sites for hydroxylation is 1.